The molecule has 3 heterocycles. The van der Waals surface area contributed by atoms with Crippen LogP contribution in [0, 0.1) is 0 Å². The summed E-state index contributed by atoms with van der Waals surface area (Å²) in [5, 5.41) is 9.33. The first-order valence-electron chi connectivity index (χ1n) is 18.9. The van der Waals surface area contributed by atoms with Gasteiger partial charge >= 0.3 is 0 Å². The van der Waals surface area contributed by atoms with E-state index in [9.17, 15) is 0 Å². The molecule has 0 spiro atoms. The Bertz CT molecular complexity index is 3380. The zero-order valence-corrected chi connectivity index (χ0v) is 30.0. The van der Waals surface area contributed by atoms with E-state index in [1.54, 1.807) is 0 Å². The molecule has 2 aromatic heterocycles. The molecule has 0 saturated heterocycles. The normalized spacial score (nSPS) is 12.2. The molecule has 11 aromatic rings. The lowest BCUT2D eigenvalue weighted by Crippen LogP contribution is -2.15. The molecule has 0 radical (unpaired) electrons. The summed E-state index contributed by atoms with van der Waals surface area (Å²) in [7, 11) is 0. The zero-order chi connectivity index (χ0) is 36.7. The fraction of sp³-hybridized carbons (Fsp3) is 0. The lowest BCUT2D eigenvalue weighted by molar-refractivity contribution is 0.669. The predicted octanol–water partition coefficient (Wildman–Crippen LogP) is 13.7. The smallest absolute Gasteiger partial charge is 0.167 e. The van der Waals surface area contributed by atoms with Crippen LogP contribution in [0.5, 0.6) is 0 Å². The molecule has 0 N–H and O–H groups in total. The van der Waals surface area contributed by atoms with Crippen molar-refractivity contribution in [1.82, 2.24) is 15.0 Å². The van der Waals surface area contributed by atoms with E-state index in [1.165, 1.54) is 44.0 Å². The summed E-state index contributed by atoms with van der Waals surface area (Å²) in [5.41, 5.74) is 10.3. The Kier molecular flexibility index (Phi) is 6.56. The van der Waals surface area contributed by atoms with Crippen molar-refractivity contribution in [2.75, 3.05) is 4.90 Å². The second kappa shape index (κ2) is 11.9. The summed E-state index contributed by atoms with van der Waals surface area (Å²) in [4.78, 5) is 17.6. The van der Waals surface area contributed by atoms with Gasteiger partial charge in [-0.25, -0.2) is 15.0 Å². The van der Waals surface area contributed by atoms with Crippen molar-refractivity contribution in [2.24, 2.45) is 0 Å². The molecule has 9 aromatic carbocycles. The first kappa shape index (κ1) is 30.8. The van der Waals surface area contributed by atoms with Crippen molar-refractivity contribution in [3.8, 4) is 45.3 Å². The van der Waals surface area contributed by atoms with E-state index >= 15 is 0 Å². The van der Waals surface area contributed by atoms with Gasteiger partial charge in [-0.1, -0.05) is 140 Å². The van der Waals surface area contributed by atoms with Gasteiger partial charge in [-0.3, -0.25) is 0 Å². The average molecular weight is 715 g/mol. The minimum absolute atomic E-state index is 0.569. The van der Waals surface area contributed by atoms with Crippen LogP contribution < -0.4 is 4.90 Å². The van der Waals surface area contributed by atoms with Crippen LogP contribution in [0.3, 0.4) is 0 Å². The van der Waals surface area contributed by atoms with Crippen LogP contribution in [-0.2, 0) is 0 Å². The number of aromatic nitrogens is 3. The molecular weight excluding hydrogens is 685 g/mol. The number of hydrogen-bond acceptors (Lipinski definition) is 5. The quantitative estimate of drug-likeness (QED) is 0.182. The molecule has 0 amide bonds. The maximum absolute atomic E-state index is 6.42. The highest BCUT2D eigenvalue weighted by molar-refractivity contribution is 6.19. The molecule has 0 bridgehead atoms. The van der Waals surface area contributed by atoms with Gasteiger partial charge in [0.05, 0.1) is 16.9 Å². The van der Waals surface area contributed by atoms with E-state index in [4.69, 9.17) is 19.4 Å². The molecule has 5 nitrogen and oxygen atoms in total. The Morgan fingerprint density at radius 1 is 0.393 bits per heavy atom. The monoisotopic (exact) mass is 714 g/mol. The third-order valence-corrected chi connectivity index (χ3v) is 11.2. The number of rotatable bonds is 4. The molecule has 5 heteroatoms. The van der Waals surface area contributed by atoms with Gasteiger partial charge in [-0.05, 0) is 75.0 Å². The average Bonchev–Trinajstić information content (AvgIpc) is 3.65. The van der Waals surface area contributed by atoms with E-state index in [0.717, 1.165) is 55.1 Å². The fourth-order valence-electron chi connectivity index (χ4n) is 8.63. The summed E-state index contributed by atoms with van der Waals surface area (Å²) in [5.74, 6) is 1.78. The van der Waals surface area contributed by atoms with Crippen LogP contribution in [0.1, 0.15) is 0 Å². The molecule has 56 heavy (non-hydrogen) atoms. The van der Waals surface area contributed by atoms with Gasteiger partial charge in [0.15, 0.2) is 17.5 Å². The van der Waals surface area contributed by atoms with Gasteiger partial charge in [0.2, 0.25) is 0 Å². The number of nitrogens with zero attached hydrogens (tertiary/aromatic N) is 4. The molecule has 260 valence electrons. The van der Waals surface area contributed by atoms with Crippen LogP contribution in [0.25, 0.3) is 99.5 Å². The van der Waals surface area contributed by atoms with E-state index in [0.29, 0.717) is 17.5 Å². The Balaban J connectivity index is 1.01. The maximum Gasteiger partial charge on any atom is 0.167 e. The highest BCUT2D eigenvalue weighted by Crippen LogP contribution is 2.53. The van der Waals surface area contributed by atoms with Crippen LogP contribution in [0.15, 0.2) is 186 Å². The predicted molar refractivity (Wildman–Crippen MR) is 230 cm³/mol. The first-order chi connectivity index (χ1) is 27.7. The lowest BCUT2D eigenvalue weighted by Gasteiger charge is -2.34. The summed E-state index contributed by atoms with van der Waals surface area (Å²) in [6, 6.07) is 64.1. The molecule has 0 unspecified atom stereocenters. The molecule has 0 atom stereocenters. The van der Waals surface area contributed by atoms with E-state index in [1.807, 2.05) is 60.7 Å². The van der Waals surface area contributed by atoms with Gasteiger partial charge in [0.25, 0.3) is 0 Å². The summed E-state index contributed by atoms with van der Waals surface area (Å²) in [6.07, 6.45) is 0. The van der Waals surface area contributed by atoms with Gasteiger partial charge in [0.1, 0.15) is 11.2 Å². The van der Waals surface area contributed by atoms with Gasteiger partial charge < -0.3 is 9.32 Å². The lowest BCUT2D eigenvalue weighted by atomic mass is 9.87. The number of anilines is 3. The number of benzene rings is 9. The van der Waals surface area contributed by atoms with Crippen molar-refractivity contribution in [2.45, 2.75) is 0 Å². The van der Waals surface area contributed by atoms with Crippen molar-refractivity contribution in [1.29, 1.82) is 0 Å². The summed E-state index contributed by atoms with van der Waals surface area (Å²) < 4.78 is 6.42. The van der Waals surface area contributed by atoms with Crippen molar-refractivity contribution in [3.05, 3.63) is 182 Å². The van der Waals surface area contributed by atoms with Crippen molar-refractivity contribution < 1.29 is 4.42 Å². The topological polar surface area (TPSA) is 55.1 Å². The highest BCUT2D eigenvalue weighted by Gasteiger charge is 2.27. The molecule has 1 aliphatic rings. The van der Waals surface area contributed by atoms with Gasteiger partial charge in [-0.15, -0.1) is 0 Å². The number of fused-ring (bicyclic) bond motifs is 8. The largest absolute Gasteiger partial charge is 0.455 e. The van der Waals surface area contributed by atoms with Gasteiger partial charge in [-0.2, -0.15) is 0 Å². The van der Waals surface area contributed by atoms with Crippen molar-refractivity contribution >= 4 is 71.3 Å². The molecule has 0 aliphatic carbocycles. The number of furan rings is 1. The van der Waals surface area contributed by atoms with Crippen LogP contribution in [0.4, 0.5) is 17.1 Å². The maximum atomic E-state index is 6.42. The van der Waals surface area contributed by atoms with Crippen LogP contribution >= 0.6 is 0 Å². The SMILES string of the molecule is c1ccc(-c2nc(-c3ccc4cc(N5c6ccc7ccccc7c6-c6cccc7cccc5c67)ccc4c3)nc(-c3cccc4c3oc3ccccc34)n2)cc1. The van der Waals surface area contributed by atoms with Crippen LogP contribution in [0.2, 0.25) is 0 Å². The van der Waals surface area contributed by atoms with Gasteiger partial charge in [0, 0.05) is 38.5 Å². The second-order valence-electron chi connectivity index (χ2n) is 14.4. The molecule has 0 saturated carbocycles. The minimum atomic E-state index is 0.569. The Hall–Kier alpha value is -7.63. The second-order valence-corrected chi connectivity index (χ2v) is 14.4. The first-order valence-corrected chi connectivity index (χ1v) is 18.9. The summed E-state index contributed by atoms with van der Waals surface area (Å²) >= 11 is 0. The van der Waals surface area contributed by atoms with E-state index in [-0.39, 0.29) is 0 Å². The van der Waals surface area contributed by atoms with E-state index in [2.05, 4.69) is 126 Å². The molecular formula is C51H30N4O. The third kappa shape index (κ3) is 4.64. The van der Waals surface area contributed by atoms with Crippen LogP contribution in [-0.4, -0.2) is 15.0 Å². The zero-order valence-electron chi connectivity index (χ0n) is 30.0. The van der Waals surface area contributed by atoms with E-state index < -0.39 is 0 Å². The Morgan fingerprint density at radius 2 is 1.05 bits per heavy atom. The standard InChI is InChI=1S/C51H30N4O/c1-2-12-33(13-3-1)49-52-50(54-51(53-49)42-20-10-18-40-39-17-6-7-22-45(39)56-48(40)42)36-24-23-35-30-37(27-25-34(35)29-36)55-43-21-9-15-32-14-8-19-41(46(32)43)47-38-16-5-4-11-31(38)26-28-44(47)55/h1-30H. The fourth-order valence-corrected chi connectivity index (χ4v) is 8.63. The summed E-state index contributed by atoms with van der Waals surface area (Å²) in [6.45, 7) is 0. The highest BCUT2D eigenvalue weighted by atomic mass is 16.3. The Labute approximate surface area is 321 Å². The number of para-hydroxylation sites is 2. The molecule has 0 fully saturated rings. The number of hydrogen-bond donors (Lipinski definition) is 0. The minimum Gasteiger partial charge on any atom is -0.455 e. The molecule has 12 rings (SSSR count). The van der Waals surface area contributed by atoms with Crippen molar-refractivity contribution in [3.63, 3.8) is 0 Å². The third-order valence-electron chi connectivity index (χ3n) is 11.2. The Morgan fingerprint density at radius 3 is 1.96 bits per heavy atom. The molecule has 1 aliphatic heterocycles.